The quantitative estimate of drug-likeness (QED) is 0.0354. The molecule has 0 spiro atoms. The number of hydrogen-bond acceptors (Lipinski definition) is 6. The lowest BCUT2D eigenvalue weighted by Gasteiger charge is -2.18. The van der Waals surface area contributed by atoms with Crippen LogP contribution in [0, 0.1) is 11.8 Å². The van der Waals surface area contributed by atoms with Crippen molar-refractivity contribution in [3.05, 3.63) is 0 Å². The Labute approximate surface area is 323 Å². The van der Waals surface area contributed by atoms with Gasteiger partial charge in [-0.15, -0.1) is 0 Å². The van der Waals surface area contributed by atoms with Crippen molar-refractivity contribution in [3.63, 3.8) is 0 Å². The number of carbonyl (C=O) groups is 3. The molecule has 6 nitrogen and oxygen atoms in total. The van der Waals surface area contributed by atoms with Crippen LogP contribution in [-0.4, -0.2) is 37.2 Å². The van der Waals surface area contributed by atoms with Gasteiger partial charge in [-0.1, -0.05) is 208 Å². The summed E-state index contributed by atoms with van der Waals surface area (Å²) >= 11 is 0. The van der Waals surface area contributed by atoms with Gasteiger partial charge in [-0.2, -0.15) is 0 Å². The minimum Gasteiger partial charge on any atom is -0.462 e. The lowest BCUT2D eigenvalue weighted by Crippen LogP contribution is -2.30. The van der Waals surface area contributed by atoms with Gasteiger partial charge in [-0.25, -0.2) is 0 Å². The minimum atomic E-state index is -0.761. The molecule has 0 fully saturated rings. The standard InChI is InChI=1S/C46H88O6/c1-6-9-10-11-12-13-14-15-16-21-28-33-38-46(49)52-43(40-51-45(48)37-32-27-23-22-25-30-35-42(5)8-3)39-50-44(47)36-31-26-20-18-17-19-24-29-34-41(4)7-2/h41-43H,6-40H2,1-5H3/t41?,42?,43-/m1/s1. The Balaban J connectivity index is 4.36. The molecule has 0 radical (unpaired) electrons. The SMILES string of the molecule is CCCCCCCCCCCCCCC(=O)O[C@H](COC(=O)CCCCCCCCCCC(C)CC)COC(=O)CCCCCCCCC(C)CC. The molecule has 0 aromatic rings. The van der Waals surface area contributed by atoms with Crippen molar-refractivity contribution >= 4 is 17.9 Å². The van der Waals surface area contributed by atoms with Crippen LogP contribution in [0.2, 0.25) is 0 Å². The fourth-order valence-corrected chi connectivity index (χ4v) is 6.69. The molecule has 0 aliphatic rings. The molecule has 0 N–H and O–H groups in total. The molecule has 0 heterocycles. The monoisotopic (exact) mass is 737 g/mol. The first-order valence-corrected chi connectivity index (χ1v) is 22.8. The van der Waals surface area contributed by atoms with E-state index in [2.05, 4.69) is 34.6 Å². The highest BCUT2D eigenvalue weighted by atomic mass is 16.6. The van der Waals surface area contributed by atoms with Gasteiger partial charge < -0.3 is 14.2 Å². The van der Waals surface area contributed by atoms with Crippen LogP contribution in [0.3, 0.4) is 0 Å². The summed E-state index contributed by atoms with van der Waals surface area (Å²) in [6.45, 7) is 11.3. The van der Waals surface area contributed by atoms with Crippen molar-refractivity contribution in [2.45, 2.75) is 253 Å². The summed E-state index contributed by atoms with van der Waals surface area (Å²) in [5, 5.41) is 0. The molecule has 3 atom stereocenters. The van der Waals surface area contributed by atoms with Gasteiger partial charge in [0, 0.05) is 19.3 Å². The molecular weight excluding hydrogens is 648 g/mol. The molecule has 2 unspecified atom stereocenters. The number of unbranched alkanes of at least 4 members (excludes halogenated alkanes) is 23. The number of carbonyl (C=O) groups excluding carboxylic acids is 3. The van der Waals surface area contributed by atoms with Gasteiger partial charge >= 0.3 is 17.9 Å². The zero-order valence-corrected chi connectivity index (χ0v) is 35.4. The Morgan fingerprint density at radius 2 is 0.673 bits per heavy atom. The third-order valence-corrected chi connectivity index (χ3v) is 10.9. The Hall–Kier alpha value is -1.59. The first kappa shape index (κ1) is 50.4. The fraction of sp³-hybridized carbons (Fsp3) is 0.935. The second kappa shape index (κ2) is 39.1. The van der Waals surface area contributed by atoms with E-state index in [-0.39, 0.29) is 31.1 Å². The third kappa shape index (κ3) is 36.8. The molecule has 0 amide bonds. The van der Waals surface area contributed by atoms with E-state index in [9.17, 15) is 14.4 Å². The molecule has 0 aromatic carbocycles. The molecule has 0 bridgehead atoms. The fourth-order valence-electron chi connectivity index (χ4n) is 6.69. The molecule has 0 saturated carbocycles. The predicted molar refractivity (Wildman–Crippen MR) is 220 cm³/mol. The van der Waals surface area contributed by atoms with Gasteiger partial charge in [-0.3, -0.25) is 14.4 Å². The van der Waals surface area contributed by atoms with Crippen LogP contribution < -0.4 is 0 Å². The van der Waals surface area contributed by atoms with Gasteiger partial charge in [0.05, 0.1) is 0 Å². The molecule has 6 heteroatoms. The summed E-state index contributed by atoms with van der Waals surface area (Å²) in [6.07, 6.45) is 36.5. The number of ether oxygens (including phenoxy) is 3. The summed E-state index contributed by atoms with van der Waals surface area (Å²) in [5.74, 6) is 0.801. The molecular formula is C46H88O6. The topological polar surface area (TPSA) is 78.9 Å². The third-order valence-electron chi connectivity index (χ3n) is 10.9. The van der Waals surface area contributed by atoms with Gasteiger partial charge in [0.15, 0.2) is 6.10 Å². The normalized spacial score (nSPS) is 13.1. The zero-order chi connectivity index (χ0) is 38.3. The molecule has 0 aromatic heterocycles. The maximum Gasteiger partial charge on any atom is 0.306 e. The summed E-state index contributed by atoms with van der Waals surface area (Å²) < 4.78 is 16.7. The van der Waals surface area contributed by atoms with Crippen molar-refractivity contribution in [1.82, 2.24) is 0 Å². The second-order valence-electron chi connectivity index (χ2n) is 16.2. The van der Waals surface area contributed by atoms with Crippen LogP contribution in [0.1, 0.15) is 247 Å². The van der Waals surface area contributed by atoms with Crippen molar-refractivity contribution in [2.75, 3.05) is 13.2 Å². The number of esters is 3. The molecule has 0 rings (SSSR count). The minimum absolute atomic E-state index is 0.0659. The van der Waals surface area contributed by atoms with E-state index in [1.165, 1.54) is 135 Å². The van der Waals surface area contributed by atoms with Crippen molar-refractivity contribution < 1.29 is 28.6 Å². The molecule has 0 saturated heterocycles. The van der Waals surface area contributed by atoms with E-state index >= 15 is 0 Å². The van der Waals surface area contributed by atoms with Crippen LogP contribution in [0.4, 0.5) is 0 Å². The first-order valence-electron chi connectivity index (χ1n) is 22.8. The maximum absolute atomic E-state index is 12.7. The Morgan fingerprint density at radius 3 is 1.00 bits per heavy atom. The van der Waals surface area contributed by atoms with Crippen molar-refractivity contribution in [3.8, 4) is 0 Å². The Morgan fingerprint density at radius 1 is 0.385 bits per heavy atom. The first-order chi connectivity index (χ1) is 25.3. The Kier molecular flexibility index (Phi) is 37.9. The predicted octanol–water partition coefficient (Wildman–Crippen LogP) is 14.2. The number of hydrogen-bond donors (Lipinski definition) is 0. The highest BCUT2D eigenvalue weighted by molar-refractivity contribution is 5.71. The highest BCUT2D eigenvalue weighted by Crippen LogP contribution is 2.17. The zero-order valence-electron chi connectivity index (χ0n) is 35.4. The summed E-state index contributed by atoms with van der Waals surface area (Å²) in [7, 11) is 0. The average molecular weight is 737 g/mol. The molecule has 308 valence electrons. The molecule has 52 heavy (non-hydrogen) atoms. The lowest BCUT2D eigenvalue weighted by atomic mass is 9.99. The lowest BCUT2D eigenvalue weighted by molar-refractivity contribution is -0.167. The van der Waals surface area contributed by atoms with Gasteiger partial charge in [0.25, 0.3) is 0 Å². The van der Waals surface area contributed by atoms with Gasteiger partial charge in [0.1, 0.15) is 13.2 Å². The van der Waals surface area contributed by atoms with E-state index in [1.807, 2.05) is 0 Å². The second-order valence-corrected chi connectivity index (χ2v) is 16.2. The van der Waals surface area contributed by atoms with E-state index in [4.69, 9.17) is 14.2 Å². The van der Waals surface area contributed by atoms with Gasteiger partial charge in [0.2, 0.25) is 0 Å². The number of rotatable bonds is 40. The Bertz CT molecular complexity index is 798. The van der Waals surface area contributed by atoms with E-state index < -0.39 is 6.10 Å². The van der Waals surface area contributed by atoms with E-state index in [0.29, 0.717) is 19.3 Å². The van der Waals surface area contributed by atoms with Crippen LogP contribution in [0.5, 0.6) is 0 Å². The largest absolute Gasteiger partial charge is 0.462 e. The average Bonchev–Trinajstić information content (AvgIpc) is 3.14. The van der Waals surface area contributed by atoms with Gasteiger partial charge in [-0.05, 0) is 31.1 Å². The van der Waals surface area contributed by atoms with Crippen LogP contribution in [-0.2, 0) is 28.6 Å². The van der Waals surface area contributed by atoms with Crippen LogP contribution in [0.25, 0.3) is 0 Å². The highest BCUT2D eigenvalue weighted by Gasteiger charge is 2.19. The smallest absolute Gasteiger partial charge is 0.306 e. The summed E-state index contributed by atoms with van der Waals surface area (Å²) in [6, 6.07) is 0. The van der Waals surface area contributed by atoms with E-state index in [0.717, 1.165) is 69.6 Å². The molecule has 0 aliphatic carbocycles. The van der Waals surface area contributed by atoms with Crippen molar-refractivity contribution in [1.29, 1.82) is 0 Å². The van der Waals surface area contributed by atoms with Crippen molar-refractivity contribution in [2.24, 2.45) is 11.8 Å². The van der Waals surface area contributed by atoms with E-state index in [1.54, 1.807) is 0 Å². The van der Waals surface area contributed by atoms with Crippen LogP contribution in [0.15, 0.2) is 0 Å². The van der Waals surface area contributed by atoms with Crippen LogP contribution >= 0.6 is 0 Å². The summed E-state index contributed by atoms with van der Waals surface area (Å²) in [5.41, 5.74) is 0. The summed E-state index contributed by atoms with van der Waals surface area (Å²) in [4.78, 5) is 37.7. The maximum atomic E-state index is 12.7. The molecule has 0 aliphatic heterocycles.